The first-order valence-corrected chi connectivity index (χ1v) is 7.86. The third kappa shape index (κ3) is 3.01. The Morgan fingerprint density at radius 2 is 1.88 bits per heavy atom. The molecule has 1 aromatic carbocycles. The number of nitrogens with zero attached hydrogens (tertiary/aromatic N) is 4. The number of hydrogen-bond acceptors (Lipinski definition) is 7. The number of pyridine rings is 1. The molecule has 0 aliphatic carbocycles. The van der Waals surface area contributed by atoms with Crippen molar-refractivity contribution in [1.82, 2.24) is 25.1 Å². The predicted octanol–water partition coefficient (Wildman–Crippen LogP) is 2.03. The quantitative estimate of drug-likeness (QED) is 0.580. The molecular formula is C18H14N6O2. The highest BCUT2D eigenvalue weighted by molar-refractivity contribution is 5.88. The number of ether oxygens (including phenoxy) is 1. The lowest BCUT2D eigenvalue weighted by Gasteiger charge is -2.08. The van der Waals surface area contributed by atoms with E-state index in [0.717, 1.165) is 11.1 Å². The molecule has 0 radical (unpaired) electrons. The van der Waals surface area contributed by atoms with Crippen LogP contribution < -0.4 is 16.0 Å². The topological polar surface area (TPSA) is 120 Å². The molecule has 8 nitrogen and oxygen atoms in total. The molecule has 0 saturated heterocycles. The second-order valence-corrected chi connectivity index (χ2v) is 5.51. The van der Waals surface area contributed by atoms with Crippen LogP contribution in [0.15, 0.2) is 59.9 Å². The fourth-order valence-corrected chi connectivity index (χ4v) is 2.63. The van der Waals surface area contributed by atoms with Gasteiger partial charge in [-0.3, -0.25) is 9.78 Å². The molecule has 4 aromatic rings. The Morgan fingerprint density at radius 1 is 1.04 bits per heavy atom. The summed E-state index contributed by atoms with van der Waals surface area (Å²) in [5, 5.41) is 7.73. The standard InChI is InChI=1S/C18H14N6O2/c19-8-16-15-7-11(2-3-14(15)17(25)24-23-16)12-6-13(10-20-9-12)26-18-21-4-1-5-22-18/h1-7,9-10H,8,19H2,(H,24,25). The second-order valence-electron chi connectivity index (χ2n) is 5.51. The zero-order valence-electron chi connectivity index (χ0n) is 13.6. The van der Waals surface area contributed by atoms with E-state index in [1.165, 1.54) is 0 Å². The largest absolute Gasteiger partial charge is 0.423 e. The van der Waals surface area contributed by atoms with Gasteiger partial charge in [-0.15, -0.1) is 0 Å². The van der Waals surface area contributed by atoms with Crippen molar-refractivity contribution < 1.29 is 4.74 Å². The van der Waals surface area contributed by atoms with Gasteiger partial charge >= 0.3 is 6.01 Å². The van der Waals surface area contributed by atoms with Gasteiger partial charge in [0.05, 0.1) is 17.3 Å². The molecule has 3 heterocycles. The van der Waals surface area contributed by atoms with E-state index >= 15 is 0 Å². The normalized spacial score (nSPS) is 10.8. The van der Waals surface area contributed by atoms with Crippen molar-refractivity contribution in [2.75, 3.05) is 0 Å². The summed E-state index contributed by atoms with van der Waals surface area (Å²) in [4.78, 5) is 24.2. The first kappa shape index (κ1) is 15.9. The van der Waals surface area contributed by atoms with E-state index in [1.54, 1.807) is 36.9 Å². The number of hydrogen-bond donors (Lipinski definition) is 2. The second kappa shape index (κ2) is 6.69. The molecule has 0 atom stereocenters. The van der Waals surface area contributed by atoms with Crippen molar-refractivity contribution in [2.24, 2.45) is 5.73 Å². The molecule has 26 heavy (non-hydrogen) atoms. The Labute approximate surface area is 147 Å². The number of benzene rings is 1. The third-order valence-electron chi connectivity index (χ3n) is 3.86. The third-order valence-corrected chi connectivity index (χ3v) is 3.86. The van der Waals surface area contributed by atoms with Crippen LogP contribution in [0.2, 0.25) is 0 Å². The molecular weight excluding hydrogens is 332 g/mol. The summed E-state index contributed by atoms with van der Waals surface area (Å²) < 4.78 is 5.62. The highest BCUT2D eigenvalue weighted by Crippen LogP contribution is 2.27. The maximum absolute atomic E-state index is 11.9. The van der Waals surface area contributed by atoms with Crippen molar-refractivity contribution >= 4 is 10.8 Å². The minimum atomic E-state index is -0.250. The lowest BCUT2D eigenvalue weighted by atomic mass is 10.0. The van der Waals surface area contributed by atoms with Gasteiger partial charge < -0.3 is 10.5 Å². The van der Waals surface area contributed by atoms with Gasteiger partial charge in [-0.05, 0) is 29.8 Å². The molecule has 0 amide bonds. The Balaban J connectivity index is 1.76. The van der Waals surface area contributed by atoms with Crippen LogP contribution in [0.4, 0.5) is 0 Å². The Bertz CT molecular complexity index is 1130. The van der Waals surface area contributed by atoms with Crippen molar-refractivity contribution in [3.05, 3.63) is 71.2 Å². The number of rotatable bonds is 4. The molecule has 0 aliphatic heterocycles. The van der Waals surface area contributed by atoms with Gasteiger partial charge in [0.1, 0.15) is 5.75 Å². The molecule has 4 rings (SSSR count). The molecule has 0 saturated carbocycles. The Kier molecular flexibility index (Phi) is 4.08. The van der Waals surface area contributed by atoms with Crippen LogP contribution in [-0.4, -0.2) is 25.1 Å². The monoisotopic (exact) mass is 346 g/mol. The number of fused-ring (bicyclic) bond motifs is 1. The van der Waals surface area contributed by atoms with E-state index in [9.17, 15) is 4.79 Å². The smallest absolute Gasteiger partial charge is 0.321 e. The van der Waals surface area contributed by atoms with E-state index in [2.05, 4.69) is 25.1 Å². The molecule has 3 aromatic heterocycles. The fourth-order valence-electron chi connectivity index (χ4n) is 2.63. The predicted molar refractivity (Wildman–Crippen MR) is 95.6 cm³/mol. The van der Waals surface area contributed by atoms with Gasteiger partial charge in [0.2, 0.25) is 0 Å². The summed E-state index contributed by atoms with van der Waals surface area (Å²) in [6.45, 7) is 0.226. The molecule has 3 N–H and O–H groups in total. The Morgan fingerprint density at radius 3 is 2.69 bits per heavy atom. The first-order valence-electron chi connectivity index (χ1n) is 7.86. The summed E-state index contributed by atoms with van der Waals surface area (Å²) in [6, 6.07) is 9.25. The van der Waals surface area contributed by atoms with Crippen molar-refractivity contribution in [3.8, 4) is 22.9 Å². The van der Waals surface area contributed by atoms with Gasteiger partial charge in [-0.2, -0.15) is 5.10 Å². The van der Waals surface area contributed by atoms with Crippen molar-refractivity contribution in [3.63, 3.8) is 0 Å². The average Bonchev–Trinajstić information content (AvgIpc) is 2.69. The molecule has 8 heteroatoms. The maximum Gasteiger partial charge on any atom is 0.321 e. The highest BCUT2D eigenvalue weighted by atomic mass is 16.5. The van der Waals surface area contributed by atoms with Crippen LogP contribution in [0.1, 0.15) is 5.69 Å². The zero-order chi connectivity index (χ0) is 17.9. The van der Waals surface area contributed by atoms with Crippen LogP contribution in [0, 0.1) is 0 Å². The Hall–Kier alpha value is -3.65. The highest BCUT2D eigenvalue weighted by Gasteiger charge is 2.09. The molecule has 128 valence electrons. The van der Waals surface area contributed by atoms with Crippen LogP contribution >= 0.6 is 0 Å². The van der Waals surface area contributed by atoms with E-state index < -0.39 is 0 Å². The van der Waals surface area contributed by atoms with E-state index in [1.807, 2.05) is 18.2 Å². The zero-order valence-corrected chi connectivity index (χ0v) is 13.6. The fraction of sp³-hybridized carbons (Fsp3) is 0.0556. The van der Waals surface area contributed by atoms with Crippen molar-refractivity contribution in [1.29, 1.82) is 0 Å². The molecule has 0 aliphatic rings. The van der Waals surface area contributed by atoms with Gasteiger partial charge in [-0.1, -0.05) is 6.07 Å². The average molecular weight is 346 g/mol. The van der Waals surface area contributed by atoms with Gasteiger partial charge in [0.25, 0.3) is 5.56 Å². The number of nitrogens with one attached hydrogen (secondary N) is 1. The number of nitrogens with two attached hydrogens (primary N) is 1. The summed E-state index contributed by atoms with van der Waals surface area (Å²) in [7, 11) is 0. The van der Waals surface area contributed by atoms with Crippen LogP contribution in [0.5, 0.6) is 11.8 Å². The van der Waals surface area contributed by atoms with Crippen LogP contribution in [0.3, 0.4) is 0 Å². The molecule has 0 fully saturated rings. The lowest BCUT2D eigenvalue weighted by molar-refractivity contribution is 0.440. The number of aromatic amines is 1. The summed E-state index contributed by atoms with van der Waals surface area (Å²) >= 11 is 0. The summed E-state index contributed by atoms with van der Waals surface area (Å²) in [5.74, 6) is 0.511. The molecule has 0 bridgehead atoms. The number of aromatic nitrogens is 5. The van der Waals surface area contributed by atoms with E-state index in [-0.39, 0.29) is 18.1 Å². The SMILES string of the molecule is NCc1n[nH]c(=O)c2ccc(-c3cncc(Oc4ncccn4)c3)cc12. The van der Waals surface area contributed by atoms with Crippen LogP contribution in [-0.2, 0) is 6.54 Å². The van der Waals surface area contributed by atoms with Gasteiger partial charge in [-0.25, -0.2) is 15.1 Å². The van der Waals surface area contributed by atoms with Gasteiger partial charge in [0.15, 0.2) is 0 Å². The first-order chi connectivity index (χ1) is 12.7. The molecule has 0 unspecified atom stereocenters. The van der Waals surface area contributed by atoms with Gasteiger partial charge in [0, 0.05) is 36.1 Å². The summed E-state index contributed by atoms with van der Waals surface area (Å²) in [5.41, 5.74) is 7.80. The van der Waals surface area contributed by atoms with E-state index in [0.29, 0.717) is 22.2 Å². The summed E-state index contributed by atoms with van der Waals surface area (Å²) in [6.07, 6.45) is 6.49. The van der Waals surface area contributed by atoms with E-state index in [4.69, 9.17) is 10.5 Å². The van der Waals surface area contributed by atoms with Crippen molar-refractivity contribution in [2.45, 2.75) is 6.54 Å². The minimum Gasteiger partial charge on any atom is -0.423 e. The minimum absolute atomic E-state index is 0.226. The number of H-pyrrole nitrogens is 1. The van der Waals surface area contributed by atoms with Crippen LogP contribution in [0.25, 0.3) is 21.9 Å². The molecule has 0 spiro atoms. The maximum atomic E-state index is 11.9. The lowest BCUT2D eigenvalue weighted by Crippen LogP contribution is -2.13.